The second-order valence-corrected chi connectivity index (χ2v) is 8.00. The molecule has 0 bridgehead atoms. The van der Waals surface area contributed by atoms with Crippen LogP contribution in [0.25, 0.3) is 10.9 Å². The van der Waals surface area contributed by atoms with Crippen molar-refractivity contribution in [2.24, 2.45) is 0 Å². The summed E-state index contributed by atoms with van der Waals surface area (Å²) >= 11 is 0. The molecule has 0 radical (unpaired) electrons. The molecule has 4 rings (SSSR count). The predicted molar refractivity (Wildman–Crippen MR) is 129 cm³/mol. The topological polar surface area (TPSA) is 84.0 Å². The highest BCUT2D eigenvalue weighted by atomic mass is 19.4. The van der Waals surface area contributed by atoms with Crippen molar-refractivity contribution >= 4 is 22.7 Å². The minimum atomic E-state index is -4.47. The first kappa shape index (κ1) is 25.6. The van der Waals surface area contributed by atoms with Gasteiger partial charge in [0.05, 0.1) is 25.3 Å². The Morgan fingerprint density at radius 2 is 1.65 bits per heavy atom. The molecule has 3 aromatic carbocycles. The summed E-state index contributed by atoms with van der Waals surface area (Å²) in [5.74, 6) is 1.97. The third-order valence-electron chi connectivity index (χ3n) is 5.68. The molecule has 1 aromatic heterocycles. The monoisotopic (exact) mass is 511 g/mol. The molecule has 7 nitrogen and oxygen atoms in total. The van der Waals surface area contributed by atoms with Crippen molar-refractivity contribution in [2.45, 2.75) is 12.6 Å². The molecule has 10 heteroatoms. The number of fused-ring (bicyclic) bond motifs is 1. The molecule has 1 heterocycles. The van der Waals surface area contributed by atoms with Gasteiger partial charge in [0.2, 0.25) is 0 Å². The van der Waals surface area contributed by atoms with Gasteiger partial charge in [0.25, 0.3) is 0 Å². The summed E-state index contributed by atoms with van der Waals surface area (Å²) in [5.41, 5.74) is 0.499. The fraction of sp³-hybridized carbons (Fsp3) is 0.185. The smallest absolute Gasteiger partial charge is 0.416 e. The van der Waals surface area contributed by atoms with Gasteiger partial charge in [0.1, 0.15) is 17.6 Å². The van der Waals surface area contributed by atoms with Gasteiger partial charge in [-0.3, -0.25) is 4.98 Å². The molecule has 0 fully saturated rings. The highest BCUT2D eigenvalue weighted by Crippen LogP contribution is 2.37. The number of hydrogen-bond donors (Lipinski definition) is 0. The molecule has 1 amide bonds. The van der Waals surface area contributed by atoms with Crippen LogP contribution in [-0.4, -0.2) is 31.8 Å². The van der Waals surface area contributed by atoms with Crippen LogP contribution in [0.5, 0.6) is 23.0 Å². The van der Waals surface area contributed by atoms with Crippen LogP contribution < -0.4 is 24.2 Å². The molecule has 0 spiro atoms. The van der Waals surface area contributed by atoms with E-state index in [-0.39, 0.29) is 13.0 Å². The summed E-state index contributed by atoms with van der Waals surface area (Å²) in [5, 5.41) is 12.4. The molecule has 0 N–H and O–H groups in total. The SMILES string of the molecule is COc1cc2nccc(Oc3ccc(N(CCc4cccc(C(F)(F)F)c4)C(=O)[O-])cc3)c2cc1OC. The number of benzene rings is 3. The Balaban J connectivity index is 1.52. The molecule has 37 heavy (non-hydrogen) atoms. The first-order valence-corrected chi connectivity index (χ1v) is 11.1. The third kappa shape index (κ3) is 5.85. The third-order valence-corrected chi connectivity index (χ3v) is 5.68. The van der Waals surface area contributed by atoms with Crippen molar-refractivity contribution in [3.05, 3.63) is 84.1 Å². The molecule has 0 aliphatic heterocycles. The Hall–Kier alpha value is -4.47. The average Bonchev–Trinajstić information content (AvgIpc) is 2.88. The predicted octanol–water partition coefficient (Wildman–Crippen LogP) is 5.46. The van der Waals surface area contributed by atoms with Crippen LogP contribution in [0.4, 0.5) is 23.7 Å². The van der Waals surface area contributed by atoms with E-state index >= 15 is 0 Å². The Kier molecular flexibility index (Phi) is 7.37. The summed E-state index contributed by atoms with van der Waals surface area (Å²) in [6.07, 6.45) is -4.28. The highest BCUT2D eigenvalue weighted by molar-refractivity contribution is 5.88. The number of carbonyl (C=O) groups is 1. The second-order valence-electron chi connectivity index (χ2n) is 8.00. The van der Waals surface area contributed by atoms with Crippen LogP contribution >= 0.6 is 0 Å². The molecule has 4 aromatic rings. The molecule has 0 aliphatic rings. The number of hydrogen-bond acceptors (Lipinski definition) is 6. The molecular weight excluding hydrogens is 489 g/mol. The number of aromatic nitrogens is 1. The number of carboxylic acid groups (broad SMARTS) is 1. The van der Waals surface area contributed by atoms with Crippen LogP contribution in [0.2, 0.25) is 0 Å². The van der Waals surface area contributed by atoms with E-state index in [2.05, 4.69) is 4.98 Å². The van der Waals surface area contributed by atoms with Gasteiger partial charge in [-0.2, -0.15) is 13.2 Å². The van der Waals surface area contributed by atoms with E-state index in [4.69, 9.17) is 14.2 Å². The van der Waals surface area contributed by atoms with Crippen LogP contribution in [0.3, 0.4) is 0 Å². The summed E-state index contributed by atoms with van der Waals surface area (Å²) in [6, 6.07) is 16.2. The van der Waals surface area contributed by atoms with Crippen molar-refractivity contribution in [1.29, 1.82) is 0 Å². The Bertz CT molecular complexity index is 1410. The fourth-order valence-electron chi connectivity index (χ4n) is 3.83. The number of halogens is 3. The van der Waals surface area contributed by atoms with Gasteiger partial charge in [-0.25, -0.2) is 0 Å². The zero-order valence-electron chi connectivity index (χ0n) is 19.9. The van der Waals surface area contributed by atoms with Gasteiger partial charge in [0, 0.05) is 29.9 Å². The Labute approximate surface area is 210 Å². The van der Waals surface area contributed by atoms with E-state index < -0.39 is 17.8 Å². The fourth-order valence-corrected chi connectivity index (χ4v) is 3.83. The zero-order chi connectivity index (χ0) is 26.6. The number of rotatable bonds is 8. The molecular formula is C27H22F3N2O5-. The van der Waals surface area contributed by atoms with Crippen molar-refractivity contribution in [3.63, 3.8) is 0 Å². The number of carbonyl (C=O) groups excluding carboxylic acids is 1. The maximum absolute atomic E-state index is 13.0. The normalized spacial score (nSPS) is 11.3. The van der Waals surface area contributed by atoms with Gasteiger partial charge >= 0.3 is 6.18 Å². The summed E-state index contributed by atoms with van der Waals surface area (Å²) in [4.78, 5) is 17.0. The van der Waals surface area contributed by atoms with E-state index in [1.54, 1.807) is 36.5 Å². The maximum Gasteiger partial charge on any atom is 0.416 e. The van der Waals surface area contributed by atoms with Crippen molar-refractivity contribution in [1.82, 2.24) is 4.98 Å². The number of methoxy groups -OCH3 is 2. The quantitative estimate of drug-likeness (QED) is 0.313. The highest BCUT2D eigenvalue weighted by Gasteiger charge is 2.30. The molecule has 0 atom stereocenters. The van der Waals surface area contributed by atoms with E-state index in [0.717, 1.165) is 17.0 Å². The van der Waals surface area contributed by atoms with E-state index in [1.807, 2.05) is 0 Å². The number of ether oxygens (including phenoxy) is 3. The molecule has 0 saturated heterocycles. The van der Waals surface area contributed by atoms with E-state index in [1.165, 1.54) is 38.5 Å². The number of pyridine rings is 1. The summed E-state index contributed by atoms with van der Waals surface area (Å²) in [7, 11) is 3.05. The number of nitrogens with zero attached hydrogens (tertiary/aromatic N) is 2. The van der Waals surface area contributed by atoms with Crippen molar-refractivity contribution in [3.8, 4) is 23.0 Å². The molecule has 0 unspecified atom stereocenters. The second kappa shape index (κ2) is 10.7. The standard InChI is InChI=1S/C27H23F3N2O5/c1-35-24-15-21-22(16-25(24)36-2)31-12-10-23(21)37-20-8-6-19(7-9-20)32(26(33)34)13-11-17-4-3-5-18(14-17)27(28,29)30/h3-10,12,14-16H,11,13H2,1-2H3,(H,33,34)/p-1. The van der Waals surface area contributed by atoms with Gasteiger partial charge in [0.15, 0.2) is 11.5 Å². The van der Waals surface area contributed by atoms with Crippen molar-refractivity contribution in [2.75, 3.05) is 25.7 Å². The zero-order valence-corrected chi connectivity index (χ0v) is 19.9. The van der Waals surface area contributed by atoms with Crippen LogP contribution in [0.1, 0.15) is 11.1 Å². The lowest BCUT2D eigenvalue weighted by Gasteiger charge is -2.25. The largest absolute Gasteiger partial charge is 0.530 e. The molecule has 0 aliphatic carbocycles. The van der Waals surface area contributed by atoms with E-state index in [0.29, 0.717) is 45.2 Å². The minimum absolute atomic E-state index is 0.0739. The van der Waals surface area contributed by atoms with Gasteiger partial charge in [-0.05, 0) is 54.4 Å². The molecule has 192 valence electrons. The lowest BCUT2D eigenvalue weighted by Crippen LogP contribution is -2.42. The lowest BCUT2D eigenvalue weighted by atomic mass is 10.1. The Morgan fingerprint density at radius 3 is 2.30 bits per heavy atom. The number of alkyl halides is 3. The first-order chi connectivity index (χ1) is 17.7. The number of amides is 1. The van der Waals surface area contributed by atoms with Gasteiger partial charge in [-0.1, -0.05) is 18.2 Å². The molecule has 0 saturated carbocycles. The van der Waals surface area contributed by atoms with Gasteiger partial charge < -0.3 is 29.0 Å². The van der Waals surface area contributed by atoms with Crippen LogP contribution in [-0.2, 0) is 12.6 Å². The average molecular weight is 511 g/mol. The minimum Gasteiger partial charge on any atom is -0.530 e. The van der Waals surface area contributed by atoms with E-state index in [9.17, 15) is 23.1 Å². The summed E-state index contributed by atoms with van der Waals surface area (Å²) in [6.45, 7) is -0.0829. The lowest BCUT2D eigenvalue weighted by molar-refractivity contribution is -0.246. The van der Waals surface area contributed by atoms with Crippen molar-refractivity contribution < 1.29 is 37.3 Å². The maximum atomic E-state index is 13.0. The Morgan fingerprint density at radius 1 is 0.946 bits per heavy atom. The summed E-state index contributed by atoms with van der Waals surface area (Å²) < 4.78 is 55.6. The van der Waals surface area contributed by atoms with Crippen LogP contribution in [0, 0.1) is 0 Å². The number of anilines is 1. The van der Waals surface area contributed by atoms with Gasteiger partial charge in [-0.15, -0.1) is 0 Å². The first-order valence-electron chi connectivity index (χ1n) is 11.1. The van der Waals surface area contributed by atoms with Crippen LogP contribution in [0.15, 0.2) is 72.9 Å².